The fraction of sp³-hybridized carbons (Fsp3) is 0. The fourth-order valence-corrected chi connectivity index (χ4v) is 6.16. The zero-order valence-corrected chi connectivity index (χ0v) is 22.9. The topological polar surface area (TPSA) is 16.4 Å². The number of anilines is 3. The molecular weight excluding hydrogens is 510 g/mol. The molecule has 0 bridgehead atoms. The van der Waals surface area contributed by atoms with Gasteiger partial charge in [-0.2, -0.15) is 0 Å². The minimum atomic E-state index is 0.886. The molecule has 1 heterocycles. The summed E-state index contributed by atoms with van der Waals surface area (Å²) in [5.41, 5.74) is 9.81. The third-order valence-electron chi connectivity index (χ3n) is 8.04. The molecule has 0 radical (unpaired) electrons. The lowest BCUT2D eigenvalue weighted by Gasteiger charge is -2.30. The summed E-state index contributed by atoms with van der Waals surface area (Å²) >= 11 is 0. The molecule has 0 unspecified atom stereocenters. The molecule has 0 saturated heterocycles. The summed E-state index contributed by atoms with van der Waals surface area (Å²) in [6.07, 6.45) is 0. The predicted molar refractivity (Wildman–Crippen MR) is 177 cm³/mol. The summed E-state index contributed by atoms with van der Waals surface area (Å²) in [7, 11) is 0. The van der Waals surface area contributed by atoms with Gasteiger partial charge in [0.1, 0.15) is 11.2 Å². The number of nitrogens with zero attached hydrogens (tertiary/aromatic N) is 1. The van der Waals surface area contributed by atoms with E-state index in [0.29, 0.717) is 0 Å². The molecule has 0 fully saturated rings. The van der Waals surface area contributed by atoms with Crippen molar-refractivity contribution in [2.75, 3.05) is 4.90 Å². The van der Waals surface area contributed by atoms with Crippen LogP contribution in [0.1, 0.15) is 0 Å². The van der Waals surface area contributed by atoms with E-state index in [1.54, 1.807) is 0 Å². The second-order valence-electron chi connectivity index (χ2n) is 10.5. The molecule has 2 heteroatoms. The Morgan fingerprint density at radius 3 is 1.57 bits per heavy atom. The van der Waals surface area contributed by atoms with E-state index in [-0.39, 0.29) is 0 Å². The van der Waals surface area contributed by atoms with Crippen LogP contribution in [-0.2, 0) is 0 Å². The smallest absolute Gasteiger partial charge is 0.145 e. The number of hydrogen-bond donors (Lipinski definition) is 0. The summed E-state index contributed by atoms with van der Waals surface area (Å²) < 4.78 is 6.67. The van der Waals surface area contributed by atoms with E-state index >= 15 is 0 Å². The van der Waals surface area contributed by atoms with Gasteiger partial charge in [0.25, 0.3) is 0 Å². The number of para-hydroxylation sites is 2. The Hall–Kier alpha value is -5.60. The Morgan fingerprint density at radius 2 is 0.881 bits per heavy atom. The van der Waals surface area contributed by atoms with E-state index in [0.717, 1.165) is 55.3 Å². The number of fused-ring (bicyclic) bond motifs is 5. The van der Waals surface area contributed by atoms with Gasteiger partial charge in [-0.1, -0.05) is 133 Å². The highest BCUT2D eigenvalue weighted by atomic mass is 16.3. The first kappa shape index (κ1) is 24.2. The standard InChI is InChI=1S/C40H27NO/c1-4-14-28(15-5-1)29-24-26-32(27-25-29)41(31-18-8-3-9-19-31)39-37(30-16-6-2-7-17-30)33-20-10-11-21-34(33)40-38(39)35-22-12-13-23-36(35)42-40/h1-27H. The summed E-state index contributed by atoms with van der Waals surface area (Å²) in [5.74, 6) is 0. The van der Waals surface area contributed by atoms with Gasteiger partial charge in [-0.05, 0) is 52.4 Å². The molecule has 198 valence electrons. The Balaban J connectivity index is 1.52. The third-order valence-corrected chi connectivity index (χ3v) is 8.04. The van der Waals surface area contributed by atoms with Gasteiger partial charge in [-0.25, -0.2) is 0 Å². The summed E-state index contributed by atoms with van der Waals surface area (Å²) in [5, 5.41) is 4.48. The molecule has 7 aromatic carbocycles. The number of furan rings is 1. The average Bonchev–Trinajstić information content (AvgIpc) is 3.46. The van der Waals surface area contributed by atoms with Crippen LogP contribution in [0.15, 0.2) is 168 Å². The van der Waals surface area contributed by atoms with Crippen LogP contribution in [0.25, 0.3) is 55.0 Å². The molecule has 2 nitrogen and oxygen atoms in total. The zero-order valence-electron chi connectivity index (χ0n) is 22.9. The number of hydrogen-bond acceptors (Lipinski definition) is 2. The van der Waals surface area contributed by atoms with Crippen LogP contribution < -0.4 is 4.90 Å². The highest BCUT2D eigenvalue weighted by Gasteiger charge is 2.26. The van der Waals surface area contributed by atoms with E-state index < -0.39 is 0 Å². The highest BCUT2D eigenvalue weighted by molar-refractivity contribution is 6.27. The van der Waals surface area contributed by atoms with Crippen LogP contribution in [0.5, 0.6) is 0 Å². The van der Waals surface area contributed by atoms with Gasteiger partial charge >= 0.3 is 0 Å². The Labute approximate surface area is 244 Å². The van der Waals surface area contributed by atoms with Crippen LogP contribution in [0.2, 0.25) is 0 Å². The lowest BCUT2D eigenvalue weighted by molar-refractivity contribution is 0.672. The van der Waals surface area contributed by atoms with Crippen molar-refractivity contribution in [2.45, 2.75) is 0 Å². The van der Waals surface area contributed by atoms with Gasteiger partial charge in [0.05, 0.1) is 11.1 Å². The van der Waals surface area contributed by atoms with E-state index in [1.165, 1.54) is 16.7 Å². The van der Waals surface area contributed by atoms with E-state index in [4.69, 9.17) is 4.42 Å². The minimum absolute atomic E-state index is 0.886. The molecule has 0 aliphatic carbocycles. The van der Waals surface area contributed by atoms with Crippen LogP contribution >= 0.6 is 0 Å². The maximum atomic E-state index is 6.67. The van der Waals surface area contributed by atoms with Gasteiger partial charge in [0, 0.05) is 27.7 Å². The molecule has 0 spiro atoms. The van der Waals surface area contributed by atoms with Gasteiger partial charge < -0.3 is 9.32 Å². The van der Waals surface area contributed by atoms with E-state index in [9.17, 15) is 0 Å². The average molecular weight is 538 g/mol. The van der Waals surface area contributed by atoms with Gasteiger partial charge in [-0.15, -0.1) is 0 Å². The maximum Gasteiger partial charge on any atom is 0.145 e. The fourth-order valence-electron chi connectivity index (χ4n) is 6.16. The van der Waals surface area contributed by atoms with Crippen molar-refractivity contribution in [3.63, 3.8) is 0 Å². The van der Waals surface area contributed by atoms with Crippen LogP contribution in [-0.4, -0.2) is 0 Å². The Kier molecular flexibility index (Phi) is 5.82. The van der Waals surface area contributed by atoms with Gasteiger partial charge in [0.15, 0.2) is 0 Å². The first-order chi connectivity index (χ1) is 20.9. The molecule has 0 aliphatic rings. The summed E-state index contributed by atoms with van der Waals surface area (Å²) in [6, 6.07) is 57.8. The molecule has 0 amide bonds. The monoisotopic (exact) mass is 537 g/mol. The summed E-state index contributed by atoms with van der Waals surface area (Å²) in [4.78, 5) is 2.40. The first-order valence-corrected chi connectivity index (χ1v) is 14.3. The molecule has 0 atom stereocenters. The number of rotatable bonds is 5. The number of benzene rings is 7. The van der Waals surface area contributed by atoms with Gasteiger partial charge in [0.2, 0.25) is 0 Å². The van der Waals surface area contributed by atoms with Crippen molar-refractivity contribution in [1.82, 2.24) is 0 Å². The summed E-state index contributed by atoms with van der Waals surface area (Å²) in [6.45, 7) is 0. The normalized spacial score (nSPS) is 11.3. The quantitative estimate of drug-likeness (QED) is 0.217. The largest absolute Gasteiger partial charge is 0.455 e. The minimum Gasteiger partial charge on any atom is -0.455 e. The molecule has 0 aliphatic heterocycles. The predicted octanol–water partition coefficient (Wildman–Crippen LogP) is 11.5. The Bertz CT molecular complexity index is 2160. The van der Waals surface area contributed by atoms with Crippen molar-refractivity contribution in [3.05, 3.63) is 164 Å². The van der Waals surface area contributed by atoms with E-state index in [2.05, 4.69) is 163 Å². The van der Waals surface area contributed by atoms with Crippen LogP contribution in [0, 0.1) is 0 Å². The molecule has 42 heavy (non-hydrogen) atoms. The molecule has 8 rings (SSSR count). The highest BCUT2D eigenvalue weighted by Crippen LogP contribution is 2.51. The first-order valence-electron chi connectivity index (χ1n) is 14.3. The van der Waals surface area contributed by atoms with Gasteiger partial charge in [-0.3, -0.25) is 0 Å². The molecular formula is C40H27NO. The lowest BCUT2D eigenvalue weighted by atomic mass is 9.91. The molecule has 8 aromatic rings. The third kappa shape index (κ3) is 3.96. The second kappa shape index (κ2) is 10.1. The van der Waals surface area contributed by atoms with Crippen molar-refractivity contribution in [2.24, 2.45) is 0 Å². The lowest BCUT2D eigenvalue weighted by Crippen LogP contribution is -2.12. The van der Waals surface area contributed by atoms with Crippen LogP contribution in [0.3, 0.4) is 0 Å². The second-order valence-corrected chi connectivity index (χ2v) is 10.5. The maximum absolute atomic E-state index is 6.67. The van der Waals surface area contributed by atoms with E-state index in [1.807, 2.05) is 6.07 Å². The molecule has 0 saturated carbocycles. The van der Waals surface area contributed by atoms with Crippen molar-refractivity contribution >= 4 is 49.8 Å². The van der Waals surface area contributed by atoms with Crippen LogP contribution in [0.4, 0.5) is 17.1 Å². The SMILES string of the molecule is c1ccc(-c2ccc(N(c3ccccc3)c3c(-c4ccccc4)c4ccccc4c4oc5ccccc5c34)cc2)cc1. The molecule has 0 N–H and O–H groups in total. The molecule has 1 aromatic heterocycles. The van der Waals surface area contributed by atoms with Crippen molar-refractivity contribution < 1.29 is 4.42 Å². The van der Waals surface area contributed by atoms with Crippen molar-refractivity contribution in [3.8, 4) is 22.3 Å². The Morgan fingerprint density at radius 1 is 0.381 bits per heavy atom. The van der Waals surface area contributed by atoms with Crippen molar-refractivity contribution in [1.29, 1.82) is 0 Å². The zero-order chi connectivity index (χ0) is 27.9.